The number of halogens is 1. The van der Waals surface area contributed by atoms with Gasteiger partial charge in [0.1, 0.15) is 0 Å². The molecule has 0 aliphatic heterocycles. The molecule has 0 heterocycles. The molecule has 1 unspecified atom stereocenters. The van der Waals surface area contributed by atoms with Crippen LogP contribution in [-0.2, 0) is 4.74 Å². The number of rotatable bonds is 10. The van der Waals surface area contributed by atoms with E-state index in [1.54, 1.807) is 0 Å². The fraction of sp³-hybridized carbons (Fsp3) is 0.647. The maximum Gasteiger partial charge on any atom is 0.0472 e. The van der Waals surface area contributed by atoms with Crippen molar-refractivity contribution in [3.8, 4) is 0 Å². The first-order chi connectivity index (χ1) is 9.63. The van der Waals surface area contributed by atoms with Crippen LogP contribution in [0.15, 0.2) is 24.3 Å². The largest absolute Gasteiger partial charge is 0.381 e. The van der Waals surface area contributed by atoms with Gasteiger partial charge in [0, 0.05) is 30.8 Å². The van der Waals surface area contributed by atoms with Crippen LogP contribution in [-0.4, -0.2) is 25.8 Å². The Morgan fingerprint density at radius 1 is 1.25 bits per heavy atom. The summed E-state index contributed by atoms with van der Waals surface area (Å²) < 4.78 is 5.70. The zero-order valence-corrected chi connectivity index (χ0v) is 13.7. The molecule has 1 aromatic carbocycles. The molecular weight excluding hydrogens is 270 g/mol. The molecule has 0 amide bonds. The lowest BCUT2D eigenvalue weighted by Crippen LogP contribution is -2.28. The molecule has 0 saturated heterocycles. The number of benzene rings is 1. The first kappa shape index (κ1) is 17.5. The lowest BCUT2D eigenvalue weighted by Gasteiger charge is -2.20. The molecule has 0 bridgehead atoms. The van der Waals surface area contributed by atoms with Crippen molar-refractivity contribution >= 4 is 11.6 Å². The minimum atomic E-state index is 0.456. The highest BCUT2D eigenvalue weighted by molar-refractivity contribution is 6.30. The number of ether oxygens (including phenoxy) is 1. The smallest absolute Gasteiger partial charge is 0.0472 e. The molecule has 20 heavy (non-hydrogen) atoms. The Hall–Kier alpha value is -0.570. The quantitative estimate of drug-likeness (QED) is 0.636. The van der Waals surface area contributed by atoms with Gasteiger partial charge in [0.2, 0.25) is 0 Å². The number of unbranched alkanes of at least 4 members (excludes halogenated alkanes) is 1. The van der Waals surface area contributed by atoms with Gasteiger partial charge in [0.25, 0.3) is 0 Å². The van der Waals surface area contributed by atoms with Crippen molar-refractivity contribution < 1.29 is 4.74 Å². The molecule has 1 rings (SSSR count). The summed E-state index contributed by atoms with van der Waals surface area (Å²) in [5.41, 5.74) is 1.30. The van der Waals surface area contributed by atoms with Gasteiger partial charge >= 0.3 is 0 Å². The monoisotopic (exact) mass is 297 g/mol. The van der Waals surface area contributed by atoms with E-state index >= 15 is 0 Å². The molecule has 0 aliphatic carbocycles. The summed E-state index contributed by atoms with van der Waals surface area (Å²) in [6.45, 7) is 9.19. The van der Waals surface area contributed by atoms with E-state index < -0.39 is 0 Å². The first-order valence-corrected chi connectivity index (χ1v) is 8.07. The molecule has 0 aliphatic rings. The van der Waals surface area contributed by atoms with Gasteiger partial charge in [-0.1, -0.05) is 50.9 Å². The van der Waals surface area contributed by atoms with Crippen LogP contribution in [0.2, 0.25) is 5.02 Å². The molecule has 2 nitrogen and oxygen atoms in total. The fourth-order valence-corrected chi connectivity index (χ4v) is 2.30. The van der Waals surface area contributed by atoms with E-state index in [2.05, 4.69) is 38.2 Å². The summed E-state index contributed by atoms with van der Waals surface area (Å²) in [7, 11) is 0. The van der Waals surface area contributed by atoms with Crippen molar-refractivity contribution in [3.63, 3.8) is 0 Å². The molecule has 1 atom stereocenters. The van der Waals surface area contributed by atoms with Gasteiger partial charge in [-0.3, -0.25) is 0 Å². The zero-order valence-electron chi connectivity index (χ0n) is 13.0. The Morgan fingerprint density at radius 2 is 2.05 bits per heavy atom. The van der Waals surface area contributed by atoms with E-state index in [1.807, 2.05) is 12.1 Å². The van der Waals surface area contributed by atoms with E-state index in [4.69, 9.17) is 16.3 Å². The summed E-state index contributed by atoms with van der Waals surface area (Å²) in [5.74, 6) is 0.456. The number of hydrogen-bond donors (Lipinski definition) is 1. The standard InChI is InChI=1S/C17H28ClNO/c1-4-5-10-20-11-9-16(13-19-14(2)3)15-7-6-8-17(18)12-15/h6-8,12,14,16,19H,4-5,9-11,13H2,1-3H3. The Bertz CT molecular complexity index is 368. The average Bonchev–Trinajstić information content (AvgIpc) is 2.41. The lowest BCUT2D eigenvalue weighted by molar-refractivity contribution is 0.123. The summed E-state index contributed by atoms with van der Waals surface area (Å²) in [6, 6.07) is 8.68. The molecule has 0 saturated carbocycles. The third kappa shape index (κ3) is 7.28. The van der Waals surface area contributed by atoms with Crippen LogP contribution in [0.25, 0.3) is 0 Å². The summed E-state index contributed by atoms with van der Waals surface area (Å²) >= 11 is 6.10. The summed E-state index contributed by atoms with van der Waals surface area (Å²) in [6.07, 6.45) is 3.36. The molecule has 0 radical (unpaired) electrons. The van der Waals surface area contributed by atoms with Crippen LogP contribution < -0.4 is 5.32 Å². The topological polar surface area (TPSA) is 21.3 Å². The molecule has 1 N–H and O–H groups in total. The average molecular weight is 298 g/mol. The van der Waals surface area contributed by atoms with Crippen molar-refractivity contribution in [2.24, 2.45) is 0 Å². The van der Waals surface area contributed by atoms with Crippen LogP contribution in [0.1, 0.15) is 51.5 Å². The third-order valence-electron chi connectivity index (χ3n) is 3.35. The maximum absolute atomic E-state index is 6.10. The molecule has 3 heteroatoms. The highest BCUT2D eigenvalue weighted by Crippen LogP contribution is 2.22. The maximum atomic E-state index is 6.10. The summed E-state index contributed by atoms with van der Waals surface area (Å²) in [4.78, 5) is 0. The SMILES string of the molecule is CCCCOCCC(CNC(C)C)c1cccc(Cl)c1. The Kier molecular flexibility index (Phi) is 8.92. The Labute approximate surface area is 128 Å². The third-order valence-corrected chi connectivity index (χ3v) is 3.58. The number of nitrogens with one attached hydrogen (secondary N) is 1. The van der Waals surface area contributed by atoms with Crippen molar-refractivity contribution in [1.82, 2.24) is 5.32 Å². The van der Waals surface area contributed by atoms with Crippen LogP contribution in [0, 0.1) is 0 Å². The molecule has 114 valence electrons. The second-order valence-corrected chi connectivity index (χ2v) is 6.01. The van der Waals surface area contributed by atoms with Gasteiger partial charge < -0.3 is 10.1 Å². The fourth-order valence-electron chi connectivity index (χ4n) is 2.10. The second kappa shape index (κ2) is 10.2. The lowest BCUT2D eigenvalue weighted by atomic mass is 9.95. The van der Waals surface area contributed by atoms with Crippen LogP contribution in [0.5, 0.6) is 0 Å². The summed E-state index contributed by atoms with van der Waals surface area (Å²) in [5, 5.41) is 4.33. The van der Waals surface area contributed by atoms with Crippen LogP contribution in [0.4, 0.5) is 0 Å². The van der Waals surface area contributed by atoms with Gasteiger partial charge in [-0.25, -0.2) is 0 Å². The number of hydrogen-bond acceptors (Lipinski definition) is 2. The molecule has 1 aromatic rings. The van der Waals surface area contributed by atoms with E-state index in [-0.39, 0.29) is 0 Å². The van der Waals surface area contributed by atoms with Gasteiger partial charge in [-0.15, -0.1) is 0 Å². The molecule has 0 spiro atoms. The van der Waals surface area contributed by atoms with E-state index in [1.165, 1.54) is 12.0 Å². The highest BCUT2D eigenvalue weighted by atomic mass is 35.5. The Balaban J connectivity index is 2.51. The predicted octanol–water partition coefficient (Wildman–Crippen LogP) is 4.63. The van der Waals surface area contributed by atoms with Crippen molar-refractivity contribution in [2.75, 3.05) is 19.8 Å². The minimum Gasteiger partial charge on any atom is -0.381 e. The van der Waals surface area contributed by atoms with Crippen LogP contribution >= 0.6 is 11.6 Å². The highest BCUT2D eigenvalue weighted by Gasteiger charge is 2.12. The van der Waals surface area contributed by atoms with Crippen molar-refractivity contribution in [1.29, 1.82) is 0 Å². The molecule has 0 fully saturated rings. The van der Waals surface area contributed by atoms with E-state index in [0.29, 0.717) is 12.0 Å². The normalized spacial score (nSPS) is 12.8. The second-order valence-electron chi connectivity index (χ2n) is 5.57. The molecule has 0 aromatic heterocycles. The Morgan fingerprint density at radius 3 is 2.70 bits per heavy atom. The minimum absolute atomic E-state index is 0.456. The zero-order chi connectivity index (χ0) is 14.8. The van der Waals surface area contributed by atoms with Gasteiger partial charge in [0.05, 0.1) is 0 Å². The molecular formula is C17H28ClNO. The van der Waals surface area contributed by atoms with E-state index in [0.717, 1.165) is 37.6 Å². The predicted molar refractivity (Wildman–Crippen MR) is 87.7 cm³/mol. The van der Waals surface area contributed by atoms with Gasteiger partial charge in [-0.05, 0) is 36.5 Å². The van der Waals surface area contributed by atoms with E-state index in [9.17, 15) is 0 Å². The van der Waals surface area contributed by atoms with Gasteiger partial charge in [-0.2, -0.15) is 0 Å². The van der Waals surface area contributed by atoms with Crippen molar-refractivity contribution in [2.45, 2.75) is 52.0 Å². The first-order valence-electron chi connectivity index (χ1n) is 7.70. The van der Waals surface area contributed by atoms with Gasteiger partial charge in [0.15, 0.2) is 0 Å². The van der Waals surface area contributed by atoms with Crippen LogP contribution in [0.3, 0.4) is 0 Å². The van der Waals surface area contributed by atoms with Crippen molar-refractivity contribution in [3.05, 3.63) is 34.9 Å².